The SMILES string of the molecule is CC(=O)N1CCN2C(=O)CN(Cc3nccn3C)CCNC(=O)c3cc(C(F)(F)F)ccc3OC[C@@H]2C1. The Morgan fingerprint density at radius 2 is 2.00 bits per heavy atom. The summed E-state index contributed by atoms with van der Waals surface area (Å²) in [5, 5.41) is 2.65. The summed E-state index contributed by atoms with van der Waals surface area (Å²) in [5.41, 5.74) is -1.22. The molecule has 4 rings (SSSR count). The van der Waals surface area contributed by atoms with Crippen molar-refractivity contribution < 1.29 is 32.3 Å². The fourth-order valence-electron chi connectivity index (χ4n) is 4.48. The van der Waals surface area contributed by atoms with Gasteiger partial charge in [0.25, 0.3) is 5.91 Å². The van der Waals surface area contributed by atoms with E-state index in [1.165, 1.54) is 6.92 Å². The van der Waals surface area contributed by atoms with E-state index in [1.807, 2.05) is 16.5 Å². The van der Waals surface area contributed by atoms with E-state index in [9.17, 15) is 27.6 Å². The Balaban J connectivity index is 1.66. The summed E-state index contributed by atoms with van der Waals surface area (Å²) in [6.07, 6.45) is -1.21. The van der Waals surface area contributed by atoms with E-state index in [2.05, 4.69) is 10.3 Å². The van der Waals surface area contributed by atoms with E-state index in [1.54, 1.807) is 22.2 Å². The van der Waals surface area contributed by atoms with Crippen LogP contribution in [0.5, 0.6) is 5.75 Å². The van der Waals surface area contributed by atoms with Crippen LogP contribution in [0.2, 0.25) is 0 Å². The summed E-state index contributed by atoms with van der Waals surface area (Å²) >= 11 is 0. The molecule has 3 heterocycles. The highest BCUT2D eigenvalue weighted by Crippen LogP contribution is 2.33. The second kappa shape index (κ2) is 10.8. The number of piperazine rings is 1. The van der Waals surface area contributed by atoms with Crippen LogP contribution < -0.4 is 10.1 Å². The van der Waals surface area contributed by atoms with Gasteiger partial charge in [-0.25, -0.2) is 4.98 Å². The molecule has 37 heavy (non-hydrogen) atoms. The number of ether oxygens (including phenoxy) is 1. The molecular formula is C24H29F3N6O4. The summed E-state index contributed by atoms with van der Waals surface area (Å²) in [5.74, 6) is -0.355. The van der Waals surface area contributed by atoms with Crippen molar-refractivity contribution in [3.8, 4) is 5.75 Å². The minimum atomic E-state index is -4.63. The van der Waals surface area contributed by atoms with Crippen molar-refractivity contribution in [3.05, 3.63) is 47.5 Å². The Morgan fingerprint density at radius 3 is 2.68 bits per heavy atom. The largest absolute Gasteiger partial charge is 0.491 e. The number of carbonyl (C=O) groups excluding carboxylic acids is 3. The lowest BCUT2D eigenvalue weighted by Crippen LogP contribution is -2.59. The van der Waals surface area contributed by atoms with Gasteiger partial charge in [0.15, 0.2) is 0 Å². The maximum absolute atomic E-state index is 13.4. The van der Waals surface area contributed by atoms with Gasteiger partial charge in [-0.15, -0.1) is 0 Å². The topological polar surface area (TPSA) is 100 Å². The Labute approximate surface area is 212 Å². The molecule has 1 aromatic heterocycles. The van der Waals surface area contributed by atoms with Gasteiger partial charge in [-0.3, -0.25) is 19.3 Å². The van der Waals surface area contributed by atoms with Crippen molar-refractivity contribution in [1.82, 2.24) is 29.6 Å². The predicted octanol–water partition coefficient (Wildman–Crippen LogP) is 1.12. The number of carbonyl (C=O) groups is 3. The molecule has 0 bridgehead atoms. The molecule has 0 saturated carbocycles. The molecule has 1 atom stereocenters. The van der Waals surface area contributed by atoms with Crippen LogP contribution in [0.3, 0.4) is 0 Å². The highest BCUT2D eigenvalue weighted by molar-refractivity contribution is 5.97. The third kappa shape index (κ3) is 6.21. The van der Waals surface area contributed by atoms with Crippen molar-refractivity contribution in [1.29, 1.82) is 0 Å². The zero-order valence-electron chi connectivity index (χ0n) is 20.6. The van der Waals surface area contributed by atoms with Gasteiger partial charge in [-0.2, -0.15) is 13.2 Å². The first-order valence-corrected chi connectivity index (χ1v) is 11.9. The quantitative estimate of drug-likeness (QED) is 0.635. The summed E-state index contributed by atoms with van der Waals surface area (Å²) < 4.78 is 47.7. The Morgan fingerprint density at radius 1 is 1.22 bits per heavy atom. The van der Waals surface area contributed by atoms with Crippen LogP contribution in [0.1, 0.15) is 28.7 Å². The van der Waals surface area contributed by atoms with E-state index in [4.69, 9.17) is 4.74 Å². The number of halogens is 3. The lowest BCUT2D eigenvalue weighted by Gasteiger charge is -2.41. The van der Waals surface area contributed by atoms with E-state index in [0.717, 1.165) is 18.2 Å². The van der Waals surface area contributed by atoms with E-state index in [0.29, 0.717) is 25.5 Å². The van der Waals surface area contributed by atoms with Gasteiger partial charge < -0.3 is 24.4 Å². The Hall–Kier alpha value is -3.61. The van der Waals surface area contributed by atoms with Gasteiger partial charge in [0.05, 0.1) is 30.3 Å². The molecule has 1 fully saturated rings. The third-order valence-electron chi connectivity index (χ3n) is 6.59. The molecule has 1 aromatic carbocycles. The molecule has 0 unspecified atom stereocenters. The van der Waals surface area contributed by atoms with Crippen LogP contribution in [0.25, 0.3) is 0 Å². The van der Waals surface area contributed by atoms with E-state index >= 15 is 0 Å². The second-order valence-corrected chi connectivity index (χ2v) is 9.15. The first-order chi connectivity index (χ1) is 17.5. The smallest absolute Gasteiger partial charge is 0.416 e. The van der Waals surface area contributed by atoms with Crippen LogP contribution in [-0.4, -0.2) is 93.9 Å². The number of nitrogens with zero attached hydrogens (tertiary/aromatic N) is 5. The molecule has 0 spiro atoms. The van der Waals surface area contributed by atoms with Gasteiger partial charge in [0.1, 0.15) is 18.2 Å². The number of benzene rings is 1. The highest BCUT2D eigenvalue weighted by Gasteiger charge is 2.35. The molecule has 3 amide bonds. The number of aromatic nitrogens is 2. The second-order valence-electron chi connectivity index (χ2n) is 9.15. The molecule has 0 aliphatic carbocycles. The van der Waals surface area contributed by atoms with Gasteiger partial charge in [0, 0.05) is 59.1 Å². The van der Waals surface area contributed by atoms with Crippen LogP contribution >= 0.6 is 0 Å². The van der Waals surface area contributed by atoms with Crippen LogP contribution in [-0.2, 0) is 29.4 Å². The number of fused-ring (bicyclic) bond motifs is 2. The highest BCUT2D eigenvalue weighted by atomic mass is 19.4. The van der Waals surface area contributed by atoms with Gasteiger partial charge in [0.2, 0.25) is 11.8 Å². The zero-order chi connectivity index (χ0) is 26.7. The van der Waals surface area contributed by atoms with Crippen molar-refractivity contribution in [2.75, 3.05) is 45.9 Å². The van der Waals surface area contributed by atoms with Gasteiger partial charge >= 0.3 is 6.18 Å². The molecule has 2 aliphatic heterocycles. The number of amides is 3. The normalized spacial score (nSPS) is 20.1. The fourth-order valence-corrected chi connectivity index (χ4v) is 4.48. The average Bonchev–Trinajstić information content (AvgIpc) is 3.25. The van der Waals surface area contributed by atoms with Crippen LogP contribution in [0.15, 0.2) is 30.6 Å². The van der Waals surface area contributed by atoms with Gasteiger partial charge in [-0.1, -0.05) is 0 Å². The van der Waals surface area contributed by atoms with Crippen molar-refractivity contribution in [3.63, 3.8) is 0 Å². The average molecular weight is 523 g/mol. The zero-order valence-corrected chi connectivity index (χ0v) is 20.6. The summed E-state index contributed by atoms with van der Waals surface area (Å²) in [6, 6.07) is 2.19. The molecule has 2 aromatic rings. The molecular weight excluding hydrogens is 493 g/mol. The van der Waals surface area contributed by atoms with Crippen molar-refractivity contribution in [2.45, 2.75) is 25.7 Å². The minimum Gasteiger partial charge on any atom is -0.491 e. The molecule has 13 heteroatoms. The number of aryl methyl sites for hydroxylation is 1. The number of nitrogens with one attached hydrogen (secondary N) is 1. The first kappa shape index (κ1) is 26.5. The first-order valence-electron chi connectivity index (χ1n) is 11.9. The van der Waals surface area contributed by atoms with Crippen molar-refractivity contribution in [2.24, 2.45) is 7.05 Å². The summed E-state index contributed by atoms with van der Waals surface area (Å²) in [6.45, 7) is 2.92. The summed E-state index contributed by atoms with van der Waals surface area (Å²) in [4.78, 5) is 47.7. The maximum Gasteiger partial charge on any atom is 0.416 e. The number of alkyl halides is 3. The molecule has 1 saturated heterocycles. The minimum absolute atomic E-state index is 0.0260. The number of hydrogen-bond acceptors (Lipinski definition) is 6. The lowest BCUT2D eigenvalue weighted by molar-refractivity contribution is -0.143. The Kier molecular flexibility index (Phi) is 7.71. The van der Waals surface area contributed by atoms with Crippen LogP contribution in [0, 0.1) is 0 Å². The van der Waals surface area contributed by atoms with Gasteiger partial charge in [-0.05, 0) is 18.2 Å². The number of rotatable bonds is 2. The molecule has 10 nitrogen and oxygen atoms in total. The van der Waals surface area contributed by atoms with E-state index < -0.39 is 23.7 Å². The molecule has 1 N–H and O–H groups in total. The third-order valence-corrected chi connectivity index (χ3v) is 6.59. The monoisotopic (exact) mass is 522 g/mol. The van der Waals surface area contributed by atoms with E-state index in [-0.39, 0.29) is 55.9 Å². The standard InChI is InChI=1S/C24H29F3N6O4/c1-16(34)32-9-10-33-18(12-32)15-37-20-4-3-17(24(25,26)27)11-19(20)23(36)29-6-8-31(14-22(33)35)13-21-28-5-7-30(21)2/h3-5,7,11,18H,6,8-10,12-15H2,1-2H3,(H,29,36)/t18-/m0/s1. The molecule has 200 valence electrons. The number of hydrogen-bond donors (Lipinski definition) is 1. The van der Waals surface area contributed by atoms with Crippen LogP contribution in [0.4, 0.5) is 13.2 Å². The Bertz CT molecular complexity index is 1170. The summed E-state index contributed by atoms with van der Waals surface area (Å²) in [7, 11) is 1.83. The fraction of sp³-hybridized carbons (Fsp3) is 0.500. The van der Waals surface area contributed by atoms with Crippen molar-refractivity contribution >= 4 is 17.7 Å². The maximum atomic E-state index is 13.4. The lowest BCUT2D eigenvalue weighted by atomic mass is 10.1. The number of imidazole rings is 1. The molecule has 0 radical (unpaired) electrons. The predicted molar refractivity (Wildman–Crippen MR) is 126 cm³/mol. The molecule has 2 aliphatic rings.